The van der Waals surface area contributed by atoms with Crippen molar-refractivity contribution < 1.29 is 35.8 Å². The molecule has 1 unspecified atom stereocenters. The number of halogens is 5. The van der Waals surface area contributed by atoms with E-state index in [0.717, 1.165) is 19.1 Å². The summed E-state index contributed by atoms with van der Waals surface area (Å²) in [6.45, 7) is 3.49. The molecule has 2 aromatic heterocycles. The summed E-state index contributed by atoms with van der Waals surface area (Å²) in [6, 6.07) is 4.79. The molecule has 0 aliphatic carbocycles. The van der Waals surface area contributed by atoms with Gasteiger partial charge < -0.3 is 15.0 Å². The first kappa shape index (κ1) is 27.4. The molecular weight excluding hydrogens is 556 g/mol. The van der Waals surface area contributed by atoms with Crippen molar-refractivity contribution in [2.24, 2.45) is 10.7 Å². The first-order chi connectivity index (χ1) is 17.5. The van der Waals surface area contributed by atoms with E-state index in [1.54, 1.807) is 0 Å². The van der Waals surface area contributed by atoms with Crippen LogP contribution in [0.3, 0.4) is 0 Å². The standard InChI is InChI=1S/C22H19ClF4N6O4S/c1-20(2)17(28)32-21(3,19(38(20,29)35)36-18(34)22(25,26)27)12-6-10(4-5-13(12)24)15-7-14(33-37-15)16-30-8-11(23)9-31-16/h4-9,19,29H,1-3H3,(H2,28,32)/t19?,21-,38-/m1/s1. The Bertz CT molecular complexity index is 1560. The highest BCUT2D eigenvalue weighted by atomic mass is 35.5. The number of nitrogens with two attached hydrogens (primary N) is 1. The molecule has 10 nitrogen and oxygen atoms in total. The zero-order valence-corrected chi connectivity index (χ0v) is 21.4. The van der Waals surface area contributed by atoms with Crippen LogP contribution in [0.25, 0.3) is 22.8 Å². The minimum absolute atomic E-state index is 0.0759. The van der Waals surface area contributed by atoms with Gasteiger partial charge in [0.15, 0.2) is 17.3 Å². The third kappa shape index (κ3) is 4.49. The van der Waals surface area contributed by atoms with E-state index in [1.807, 2.05) is 0 Å². The van der Waals surface area contributed by atoms with Crippen LogP contribution >= 0.6 is 11.6 Å². The van der Waals surface area contributed by atoms with Gasteiger partial charge in [-0.3, -0.25) is 4.99 Å². The van der Waals surface area contributed by atoms with Crippen LogP contribution in [0.2, 0.25) is 5.02 Å². The molecule has 0 bridgehead atoms. The van der Waals surface area contributed by atoms with Crippen molar-refractivity contribution in [3.8, 4) is 22.8 Å². The van der Waals surface area contributed by atoms with Crippen LogP contribution in [0.1, 0.15) is 26.3 Å². The van der Waals surface area contributed by atoms with Gasteiger partial charge in [-0.25, -0.2) is 28.1 Å². The number of hydrogen-bond acceptors (Lipinski definition) is 10. The van der Waals surface area contributed by atoms with Crippen LogP contribution in [0, 0.1) is 10.6 Å². The number of aliphatic imine (C=N–C) groups is 1. The van der Waals surface area contributed by atoms with E-state index < -0.39 is 54.8 Å². The fourth-order valence-electron chi connectivity index (χ4n) is 3.74. The Morgan fingerprint density at radius 2 is 1.84 bits per heavy atom. The minimum atomic E-state index is -5.48. The maximum atomic E-state index is 15.2. The molecule has 3 N–H and O–H groups in total. The summed E-state index contributed by atoms with van der Waals surface area (Å²) < 4.78 is 84.7. The molecule has 1 aromatic carbocycles. The first-order valence-corrected chi connectivity index (χ1v) is 12.6. The van der Waals surface area contributed by atoms with Gasteiger partial charge in [-0.05, 0) is 39.0 Å². The normalized spacial score (nSPS) is 25.1. The van der Waals surface area contributed by atoms with Gasteiger partial charge in [0.05, 0.1) is 14.8 Å². The SMILES string of the molecule is CC1(C)C(N)=N[C@](C)(c2cc(-c3cc(-c4ncc(Cl)cn4)no3)ccc2F)C(OC(=O)C(F)(F)F)[S@@]1(=N)=O. The molecule has 0 spiro atoms. The molecule has 0 fully saturated rings. The number of nitrogens with one attached hydrogen (secondary N) is 1. The largest absolute Gasteiger partial charge is 0.490 e. The van der Waals surface area contributed by atoms with Crippen LogP contribution in [0.4, 0.5) is 17.6 Å². The number of esters is 1. The summed E-state index contributed by atoms with van der Waals surface area (Å²) in [6.07, 6.45) is -2.81. The molecule has 3 aromatic rings. The lowest BCUT2D eigenvalue weighted by atomic mass is 9.90. The van der Waals surface area contributed by atoms with Gasteiger partial charge in [-0.15, -0.1) is 0 Å². The average Bonchev–Trinajstić information content (AvgIpc) is 3.31. The number of rotatable bonds is 4. The second-order valence-corrected chi connectivity index (χ2v) is 12.1. The number of hydrogen-bond donors (Lipinski definition) is 2. The lowest BCUT2D eigenvalue weighted by Gasteiger charge is -2.45. The number of carbonyl (C=O) groups is 1. The molecule has 0 radical (unpaired) electrons. The van der Waals surface area contributed by atoms with Gasteiger partial charge in [-0.2, -0.15) is 13.2 Å². The summed E-state index contributed by atoms with van der Waals surface area (Å²) in [5, 5.41) is 4.14. The molecular formula is C22H19ClF4N6O4S. The predicted octanol–water partition coefficient (Wildman–Crippen LogP) is 4.43. The highest BCUT2D eigenvalue weighted by Gasteiger charge is 2.59. The fourth-order valence-corrected chi connectivity index (χ4v) is 5.78. The first-order valence-electron chi connectivity index (χ1n) is 10.6. The van der Waals surface area contributed by atoms with Crippen LogP contribution in [-0.4, -0.2) is 47.5 Å². The van der Waals surface area contributed by atoms with E-state index in [0.29, 0.717) is 0 Å². The zero-order valence-electron chi connectivity index (χ0n) is 19.8. The second kappa shape index (κ2) is 9.01. The smallest absolute Gasteiger partial charge is 0.438 e. The van der Waals surface area contributed by atoms with Crippen LogP contribution in [-0.2, 0) is 24.8 Å². The number of benzene rings is 1. The zero-order chi connectivity index (χ0) is 28.3. The van der Waals surface area contributed by atoms with Crippen LogP contribution < -0.4 is 5.73 Å². The van der Waals surface area contributed by atoms with Crippen LogP contribution in [0.15, 0.2) is 46.2 Å². The molecule has 16 heteroatoms. The highest BCUT2D eigenvalue weighted by molar-refractivity contribution is 7.95. The molecule has 0 amide bonds. The predicted molar refractivity (Wildman–Crippen MR) is 128 cm³/mol. The highest BCUT2D eigenvalue weighted by Crippen LogP contribution is 2.45. The Kier molecular flexibility index (Phi) is 6.51. The quantitative estimate of drug-likeness (QED) is 0.342. The monoisotopic (exact) mass is 574 g/mol. The van der Waals surface area contributed by atoms with Gasteiger partial charge in [0.1, 0.15) is 21.9 Å². The Morgan fingerprint density at radius 3 is 2.45 bits per heavy atom. The third-order valence-electron chi connectivity index (χ3n) is 6.09. The molecule has 38 heavy (non-hydrogen) atoms. The van der Waals surface area contributed by atoms with E-state index >= 15 is 4.39 Å². The van der Waals surface area contributed by atoms with Gasteiger partial charge in [0.2, 0.25) is 5.44 Å². The Hall–Kier alpha value is -3.59. The number of carbonyl (C=O) groups excluding carboxylic acids is 1. The van der Waals surface area contributed by atoms with Gasteiger partial charge in [-0.1, -0.05) is 16.8 Å². The van der Waals surface area contributed by atoms with Gasteiger partial charge in [0, 0.05) is 29.6 Å². The summed E-state index contributed by atoms with van der Waals surface area (Å²) in [5.41, 5.74) is 1.24. The maximum absolute atomic E-state index is 15.2. The van der Waals surface area contributed by atoms with Crippen molar-refractivity contribution in [2.75, 3.05) is 0 Å². The molecule has 0 saturated carbocycles. The number of aromatic nitrogens is 3. The number of amidine groups is 1. The molecule has 3 atom stereocenters. The van der Waals surface area contributed by atoms with E-state index in [9.17, 15) is 22.2 Å². The average molecular weight is 575 g/mol. The van der Waals surface area contributed by atoms with Crippen molar-refractivity contribution in [3.05, 3.63) is 53.1 Å². The van der Waals surface area contributed by atoms with Crippen molar-refractivity contribution in [1.82, 2.24) is 15.1 Å². The molecule has 1 aliphatic heterocycles. The van der Waals surface area contributed by atoms with Crippen molar-refractivity contribution >= 4 is 33.1 Å². The third-order valence-corrected chi connectivity index (χ3v) is 9.17. The Labute approximate surface area is 218 Å². The molecule has 1 aliphatic rings. The van der Waals surface area contributed by atoms with E-state index in [-0.39, 0.29) is 27.9 Å². The topological polar surface area (TPSA) is 157 Å². The van der Waals surface area contributed by atoms with Crippen molar-refractivity contribution in [3.63, 3.8) is 0 Å². The molecule has 202 valence electrons. The summed E-state index contributed by atoms with van der Waals surface area (Å²) in [7, 11) is -4.32. The number of ether oxygens (including phenoxy) is 1. The molecule has 0 saturated heterocycles. The molecule has 4 rings (SSSR count). The minimum Gasteiger partial charge on any atom is -0.438 e. The lowest BCUT2D eigenvalue weighted by Crippen LogP contribution is -2.61. The molecule has 3 heterocycles. The number of alkyl halides is 3. The number of nitrogens with zero attached hydrogens (tertiary/aromatic N) is 4. The van der Waals surface area contributed by atoms with E-state index in [2.05, 4.69) is 24.9 Å². The van der Waals surface area contributed by atoms with Crippen molar-refractivity contribution in [1.29, 1.82) is 4.78 Å². The van der Waals surface area contributed by atoms with E-state index in [4.69, 9.17) is 26.6 Å². The summed E-state index contributed by atoms with van der Waals surface area (Å²) >= 11 is 5.78. The van der Waals surface area contributed by atoms with Gasteiger partial charge >= 0.3 is 12.1 Å². The van der Waals surface area contributed by atoms with E-state index in [1.165, 1.54) is 38.4 Å². The summed E-state index contributed by atoms with van der Waals surface area (Å²) in [5.74, 6) is -3.87. The fraction of sp³-hybridized carbons (Fsp3) is 0.318. The Morgan fingerprint density at radius 1 is 1.21 bits per heavy atom. The second-order valence-electron chi connectivity index (χ2n) is 8.99. The lowest BCUT2D eigenvalue weighted by molar-refractivity contribution is -0.203. The van der Waals surface area contributed by atoms with Gasteiger partial charge in [0.25, 0.3) is 0 Å². The van der Waals surface area contributed by atoms with Crippen molar-refractivity contribution in [2.45, 2.75) is 42.7 Å². The summed E-state index contributed by atoms with van der Waals surface area (Å²) in [4.78, 5) is 24.0. The maximum Gasteiger partial charge on any atom is 0.490 e. The Balaban J connectivity index is 1.86. The van der Waals surface area contributed by atoms with Crippen LogP contribution in [0.5, 0.6) is 0 Å².